The Morgan fingerprint density at radius 2 is 1.92 bits per heavy atom. The van der Waals surface area contributed by atoms with Crippen molar-refractivity contribution in [1.29, 1.82) is 0 Å². The van der Waals surface area contributed by atoms with Gasteiger partial charge in [0, 0.05) is 6.20 Å². The van der Waals surface area contributed by atoms with Gasteiger partial charge < -0.3 is 10.1 Å². The highest BCUT2D eigenvalue weighted by Gasteiger charge is 2.21. The summed E-state index contributed by atoms with van der Waals surface area (Å²) in [5.74, 6) is 0.132. The molecule has 0 aliphatic carbocycles. The molecular formula is C19H20N4O2. The number of nitrogens with zero attached hydrogens (tertiary/aromatic N) is 3. The van der Waals surface area contributed by atoms with Gasteiger partial charge in [-0.15, -0.1) is 0 Å². The van der Waals surface area contributed by atoms with Gasteiger partial charge in [0.25, 0.3) is 0 Å². The summed E-state index contributed by atoms with van der Waals surface area (Å²) in [5, 5.41) is 2.88. The second-order valence-corrected chi connectivity index (χ2v) is 6.07. The molecule has 1 N–H and O–H groups in total. The number of carbonyl (C=O) groups excluding carboxylic acids is 1. The van der Waals surface area contributed by atoms with Crippen LogP contribution in [0.25, 0.3) is 11.2 Å². The van der Waals surface area contributed by atoms with Crippen LogP contribution in [0, 0.1) is 5.92 Å². The molecule has 0 aliphatic rings. The van der Waals surface area contributed by atoms with Gasteiger partial charge in [-0.25, -0.2) is 19.7 Å². The van der Waals surface area contributed by atoms with Gasteiger partial charge in [-0.3, -0.25) is 0 Å². The molecular weight excluding hydrogens is 316 g/mol. The molecule has 1 amide bonds. The standard InChI is InChI=1S/C19H20N4O2/c1-13(2)17(16-11-21-18-15(22-16)9-6-10-20-18)23-19(24)25-12-14-7-4-3-5-8-14/h3-11,13,17H,12H2,1-2H3,(H,23,24)/t17-/m0/s1. The lowest BCUT2D eigenvalue weighted by molar-refractivity contribution is 0.132. The van der Waals surface area contributed by atoms with Gasteiger partial charge in [-0.05, 0) is 23.6 Å². The summed E-state index contributed by atoms with van der Waals surface area (Å²) in [5.41, 5.74) is 2.91. The minimum absolute atomic E-state index is 0.132. The summed E-state index contributed by atoms with van der Waals surface area (Å²) < 4.78 is 5.31. The van der Waals surface area contributed by atoms with Crippen molar-refractivity contribution >= 4 is 17.3 Å². The number of hydrogen-bond acceptors (Lipinski definition) is 5. The number of hydrogen-bond donors (Lipinski definition) is 1. The topological polar surface area (TPSA) is 77.0 Å². The van der Waals surface area contributed by atoms with Gasteiger partial charge >= 0.3 is 6.09 Å². The Morgan fingerprint density at radius 3 is 2.68 bits per heavy atom. The first-order chi connectivity index (χ1) is 12.1. The fraction of sp³-hybridized carbons (Fsp3) is 0.263. The Hall–Kier alpha value is -3.02. The van der Waals surface area contributed by atoms with E-state index in [1.54, 1.807) is 12.4 Å². The number of benzene rings is 1. The molecule has 0 radical (unpaired) electrons. The Bertz CT molecular complexity index is 852. The Labute approximate surface area is 146 Å². The van der Waals surface area contributed by atoms with Crippen LogP contribution in [0.15, 0.2) is 54.9 Å². The Morgan fingerprint density at radius 1 is 1.12 bits per heavy atom. The SMILES string of the molecule is CC(C)[C@H](NC(=O)OCc1ccccc1)c1cnc2ncccc2n1. The average Bonchev–Trinajstić information content (AvgIpc) is 2.64. The number of carbonyl (C=O) groups is 1. The van der Waals surface area contributed by atoms with Gasteiger partial charge in [-0.1, -0.05) is 44.2 Å². The quantitative estimate of drug-likeness (QED) is 0.769. The monoisotopic (exact) mass is 336 g/mol. The fourth-order valence-corrected chi connectivity index (χ4v) is 2.49. The van der Waals surface area contributed by atoms with E-state index in [2.05, 4.69) is 20.3 Å². The predicted molar refractivity (Wildman–Crippen MR) is 94.7 cm³/mol. The molecule has 6 heteroatoms. The summed E-state index contributed by atoms with van der Waals surface area (Å²) in [6, 6.07) is 12.9. The number of aromatic nitrogens is 3. The summed E-state index contributed by atoms with van der Waals surface area (Å²) >= 11 is 0. The van der Waals surface area contributed by atoms with Crippen molar-refractivity contribution < 1.29 is 9.53 Å². The summed E-state index contributed by atoms with van der Waals surface area (Å²) in [6.45, 7) is 4.25. The molecule has 0 spiro atoms. The number of alkyl carbamates (subject to hydrolysis) is 1. The lowest BCUT2D eigenvalue weighted by atomic mass is 10.0. The van der Waals surface area contributed by atoms with E-state index >= 15 is 0 Å². The van der Waals surface area contributed by atoms with Crippen LogP contribution < -0.4 is 5.32 Å². The summed E-state index contributed by atoms with van der Waals surface area (Å²) in [7, 11) is 0. The zero-order chi connectivity index (χ0) is 17.6. The number of nitrogens with one attached hydrogen (secondary N) is 1. The van der Waals surface area contributed by atoms with Gasteiger partial charge in [-0.2, -0.15) is 0 Å². The molecule has 1 aromatic carbocycles. The Balaban J connectivity index is 1.70. The van der Waals surface area contributed by atoms with E-state index in [1.165, 1.54) is 0 Å². The molecule has 0 bridgehead atoms. The van der Waals surface area contributed by atoms with Crippen LogP contribution in [-0.4, -0.2) is 21.0 Å². The van der Waals surface area contributed by atoms with E-state index < -0.39 is 6.09 Å². The molecule has 0 saturated carbocycles. The van der Waals surface area contributed by atoms with Crippen LogP contribution in [0.1, 0.15) is 31.1 Å². The fourth-order valence-electron chi connectivity index (χ4n) is 2.49. The van der Waals surface area contributed by atoms with Crippen LogP contribution in [0.2, 0.25) is 0 Å². The first-order valence-electron chi connectivity index (χ1n) is 8.18. The minimum atomic E-state index is -0.476. The van der Waals surface area contributed by atoms with Crippen LogP contribution in [0.5, 0.6) is 0 Å². The third-order valence-corrected chi connectivity index (χ3v) is 3.81. The van der Waals surface area contributed by atoms with Crippen molar-refractivity contribution in [2.75, 3.05) is 0 Å². The first-order valence-corrected chi connectivity index (χ1v) is 8.18. The highest BCUT2D eigenvalue weighted by atomic mass is 16.5. The van der Waals surface area contributed by atoms with E-state index in [1.807, 2.05) is 56.3 Å². The van der Waals surface area contributed by atoms with Crippen LogP contribution in [0.4, 0.5) is 4.79 Å². The van der Waals surface area contributed by atoms with E-state index in [0.717, 1.165) is 5.56 Å². The van der Waals surface area contributed by atoms with Gasteiger partial charge in [0.1, 0.15) is 12.1 Å². The maximum Gasteiger partial charge on any atom is 0.408 e. The molecule has 3 rings (SSSR count). The second-order valence-electron chi connectivity index (χ2n) is 6.07. The largest absolute Gasteiger partial charge is 0.445 e. The van der Waals surface area contributed by atoms with E-state index in [4.69, 9.17) is 4.74 Å². The normalized spacial score (nSPS) is 12.1. The summed E-state index contributed by atoms with van der Waals surface area (Å²) in [6.07, 6.45) is 2.85. The highest BCUT2D eigenvalue weighted by Crippen LogP contribution is 2.21. The van der Waals surface area contributed by atoms with Crippen LogP contribution in [0.3, 0.4) is 0 Å². The average molecular weight is 336 g/mol. The molecule has 0 fully saturated rings. The molecule has 0 unspecified atom stereocenters. The van der Waals surface area contributed by atoms with Crippen molar-refractivity contribution in [2.45, 2.75) is 26.5 Å². The van der Waals surface area contributed by atoms with Crippen molar-refractivity contribution in [3.05, 3.63) is 66.1 Å². The smallest absolute Gasteiger partial charge is 0.408 e. The second kappa shape index (κ2) is 7.70. The number of rotatable bonds is 5. The lowest BCUT2D eigenvalue weighted by Gasteiger charge is -2.21. The van der Waals surface area contributed by atoms with Crippen molar-refractivity contribution in [2.24, 2.45) is 5.92 Å². The van der Waals surface area contributed by atoms with E-state index in [0.29, 0.717) is 16.9 Å². The number of fused-ring (bicyclic) bond motifs is 1. The zero-order valence-electron chi connectivity index (χ0n) is 14.2. The minimum Gasteiger partial charge on any atom is -0.445 e. The third kappa shape index (κ3) is 4.29. The summed E-state index contributed by atoms with van der Waals surface area (Å²) in [4.78, 5) is 25.2. The van der Waals surface area contributed by atoms with Gasteiger partial charge in [0.2, 0.25) is 0 Å². The number of pyridine rings is 1. The maximum atomic E-state index is 12.2. The number of amides is 1. The molecule has 25 heavy (non-hydrogen) atoms. The molecule has 0 aliphatic heterocycles. The van der Waals surface area contributed by atoms with Crippen molar-refractivity contribution in [1.82, 2.24) is 20.3 Å². The molecule has 1 atom stereocenters. The van der Waals surface area contributed by atoms with E-state index in [-0.39, 0.29) is 18.6 Å². The van der Waals surface area contributed by atoms with Crippen molar-refractivity contribution in [3.8, 4) is 0 Å². The molecule has 3 aromatic rings. The molecule has 2 aromatic heterocycles. The van der Waals surface area contributed by atoms with Gasteiger partial charge in [0.15, 0.2) is 5.65 Å². The Kier molecular flexibility index (Phi) is 5.18. The number of ether oxygens (including phenoxy) is 1. The zero-order valence-corrected chi connectivity index (χ0v) is 14.2. The molecule has 2 heterocycles. The van der Waals surface area contributed by atoms with E-state index in [9.17, 15) is 4.79 Å². The van der Waals surface area contributed by atoms with Crippen LogP contribution in [-0.2, 0) is 11.3 Å². The molecule has 128 valence electrons. The highest BCUT2D eigenvalue weighted by molar-refractivity contribution is 5.70. The lowest BCUT2D eigenvalue weighted by Crippen LogP contribution is -2.32. The van der Waals surface area contributed by atoms with Crippen LogP contribution >= 0.6 is 0 Å². The first kappa shape index (κ1) is 16.8. The van der Waals surface area contributed by atoms with Crippen molar-refractivity contribution in [3.63, 3.8) is 0 Å². The molecule has 6 nitrogen and oxygen atoms in total. The maximum absolute atomic E-state index is 12.2. The predicted octanol–water partition coefficient (Wildman–Crippen LogP) is 3.65. The molecule has 0 saturated heterocycles. The third-order valence-electron chi connectivity index (χ3n) is 3.81. The van der Waals surface area contributed by atoms with Gasteiger partial charge in [0.05, 0.1) is 17.9 Å².